The van der Waals surface area contributed by atoms with Crippen LogP contribution in [0.25, 0.3) is 5.69 Å². The predicted octanol–water partition coefficient (Wildman–Crippen LogP) is 5.88. The third-order valence-corrected chi connectivity index (χ3v) is 5.83. The van der Waals surface area contributed by atoms with Crippen LogP contribution in [0.15, 0.2) is 52.0 Å². The van der Waals surface area contributed by atoms with Crippen LogP contribution in [-0.2, 0) is 0 Å². The van der Waals surface area contributed by atoms with Crippen LogP contribution in [0, 0.1) is 30.9 Å². The van der Waals surface area contributed by atoms with E-state index in [9.17, 15) is 14.9 Å². The van der Waals surface area contributed by atoms with Gasteiger partial charge in [0.1, 0.15) is 5.02 Å². The number of aromatic nitrogens is 1. The molecule has 8 nitrogen and oxygen atoms in total. The zero-order chi connectivity index (χ0) is 22.7. The van der Waals surface area contributed by atoms with E-state index in [4.69, 9.17) is 11.6 Å². The van der Waals surface area contributed by atoms with Crippen LogP contribution in [0.2, 0.25) is 5.02 Å². The van der Waals surface area contributed by atoms with Crippen LogP contribution in [-0.4, -0.2) is 21.7 Å². The van der Waals surface area contributed by atoms with Gasteiger partial charge in [0.25, 0.3) is 5.69 Å². The summed E-state index contributed by atoms with van der Waals surface area (Å²) in [7, 11) is 0. The van der Waals surface area contributed by atoms with Gasteiger partial charge in [-0.2, -0.15) is 5.10 Å². The fraction of sp³-hybridized carbons (Fsp3) is 0.143. The van der Waals surface area contributed by atoms with E-state index in [0.717, 1.165) is 27.0 Å². The average molecular weight is 505 g/mol. The van der Waals surface area contributed by atoms with Crippen molar-refractivity contribution in [1.82, 2.24) is 9.99 Å². The number of nitrogens with zero attached hydrogens (tertiary/aromatic N) is 3. The molecule has 31 heavy (non-hydrogen) atoms. The highest BCUT2D eigenvalue weighted by molar-refractivity contribution is 9.10. The minimum Gasteiger partial charge on any atom is -0.318 e. The van der Waals surface area contributed by atoms with E-state index in [-0.39, 0.29) is 10.7 Å². The third-order valence-electron chi connectivity index (χ3n) is 4.64. The number of nitro groups is 1. The van der Waals surface area contributed by atoms with Gasteiger partial charge in [0.15, 0.2) is 0 Å². The Bertz CT molecular complexity index is 1210. The molecule has 0 radical (unpaired) electrons. The van der Waals surface area contributed by atoms with E-state index in [1.54, 1.807) is 18.2 Å². The molecule has 0 aliphatic carbocycles. The molecule has 160 valence electrons. The molecule has 0 spiro atoms. The van der Waals surface area contributed by atoms with Crippen molar-refractivity contribution < 1.29 is 9.72 Å². The predicted molar refractivity (Wildman–Crippen MR) is 126 cm³/mol. The highest BCUT2D eigenvalue weighted by Gasteiger charge is 2.15. The summed E-state index contributed by atoms with van der Waals surface area (Å²) in [5.74, 6) is 0. The van der Waals surface area contributed by atoms with Crippen LogP contribution in [0.5, 0.6) is 0 Å². The van der Waals surface area contributed by atoms with Crippen molar-refractivity contribution in [1.29, 1.82) is 0 Å². The largest absolute Gasteiger partial charge is 0.339 e. The van der Waals surface area contributed by atoms with Crippen LogP contribution in [0.1, 0.15) is 22.5 Å². The van der Waals surface area contributed by atoms with E-state index in [0.29, 0.717) is 11.4 Å². The molecule has 0 saturated carbocycles. The molecule has 1 heterocycles. The number of hydrazone groups is 1. The van der Waals surface area contributed by atoms with Crippen LogP contribution in [0.3, 0.4) is 0 Å². The van der Waals surface area contributed by atoms with Gasteiger partial charge in [0, 0.05) is 38.9 Å². The minimum atomic E-state index is -0.522. The monoisotopic (exact) mass is 503 g/mol. The number of anilines is 1. The van der Waals surface area contributed by atoms with Gasteiger partial charge >= 0.3 is 6.03 Å². The van der Waals surface area contributed by atoms with E-state index in [1.165, 1.54) is 12.3 Å². The van der Waals surface area contributed by atoms with Gasteiger partial charge in [-0.25, -0.2) is 10.2 Å². The van der Waals surface area contributed by atoms with Crippen LogP contribution >= 0.6 is 27.5 Å². The van der Waals surface area contributed by atoms with E-state index in [1.807, 2.05) is 43.5 Å². The lowest BCUT2D eigenvalue weighted by Gasteiger charge is -2.10. The molecule has 0 aliphatic rings. The highest BCUT2D eigenvalue weighted by atomic mass is 79.9. The molecular formula is C21H19BrClN5O3. The van der Waals surface area contributed by atoms with Crippen LogP contribution in [0.4, 0.5) is 16.2 Å². The highest BCUT2D eigenvalue weighted by Crippen LogP contribution is 2.29. The number of nitro benzene ring substituents is 1. The number of amides is 2. The second-order valence-electron chi connectivity index (χ2n) is 6.84. The number of hydrogen-bond acceptors (Lipinski definition) is 4. The summed E-state index contributed by atoms with van der Waals surface area (Å²) in [6.45, 7) is 5.71. The summed E-state index contributed by atoms with van der Waals surface area (Å²) in [5, 5.41) is 17.8. The number of carbonyl (C=O) groups is 1. The van der Waals surface area contributed by atoms with Crippen molar-refractivity contribution >= 4 is 51.2 Å². The average Bonchev–Trinajstić information content (AvgIpc) is 2.97. The number of carbonyl (C=O) groups excluding carboxylic acids is 1. The minimum absolute atomic E-state index is 0.0618. The first kappa shape index (κ1) is 22.5. The van der Waals surface area contributed by atoms with Gasteiger partial charge in [-0.15, -0.1) is 0 Å². The first-order valence-electron chi connectivity index (χ1n) is 9.17. The maximum Gasteiger partial charge on any atom is 0.339 e. The number of aryl methyl sites for hydroxylation is 2. The molecular weight excluding hydrogens is 486 g/mol. The molecule has 2 N–H and O–H groups in total. The Morgan fingerprint density at radius 3 is 2.58 bits per heavy atom. The fourth-order valence-electron chi connectivity index (χ4n) is 3.14. The van der Waals surface area contributed by atoms with E-state index >= 15 is 0 Å². The summed E-state index contributed by atoms with van der Waals surface area (Å²) in [5.41, 5.74) is 7.16. The molecule has 0 aliphatic heterocycles. The zero-order valence-corrected chi connectivity index (χ0v) is 19.3. The number of halogens is 2. The van der Waals surface area contributed by atoms with Crippen molar-refractivity contribution in [3.63, 3.8) is 0 Å². The molecule has 2 amide bonds. The maximum atomic E-state index is 12.1. The Kier molecular flexibility index (Phi) is 6.77. The van der Waals surface area contributed by atoms with E-state index in [2.05, 4.69) is 31.8 Å². The number of urea groups is 1. The molecule has 3 rings (SSSR count). The van der Waals surface area contributed by atoms with Gasteiger partial charge in [-0.1, -0.05) is 27.5 Å². The molecule has 0 saturated heterocycles. The summed E-state index contributed by atoms with van der Waals surface area (Å²) in [6.07, 6.45) is 1.54. The number of hydrogen-bond donors (Lipinski definition) is 2. The summed E-state index contributed by atoms with van der Waals surface area (Å²) in [6, 6.07) is 11.5. The SMILES string of the molecule is Cc1cc(NC(=O)N/N=C/c2cc(C)n(-c3ccc([N+](=O)[O-])c(Cl)c3)c2C)ccc1Br. The van der Waals surface area contributed by atoms with Gasteiger partial charge < -0.3 is 9.88 Å². The number of rotatable bonds is 5. The van der Waals surface area contributed by atoms with Gasteiger partial charge in [-0.05, 0) is 62.7 Å². The Morgan fingerprint density at radius 2 is 1.94 bits per heavy atom. The number of nitrogens with one attached hydrogen (secondary N) is 2. The van der Waals surface area contributed by atoms with Crippen molar-refractivity contribution in [2.24, 2.45) is 5.10 Å². The van der Waals surface area contributed by atoms with Gasteiger partial charge in [0.2, 0.25) is 0 Å². The second kappa shape index (κ2) is 9.32. The quantitative estimate of drug-likeness (QED) is 0.257. The van der Waals surface area contributed by atoms with Crippen molar-refractivity contribution in [3.8, 4) is 5.69 Å². The Morgan fingerprint density at radius 1 is 1.19 bits per heavy atom. The maximum absolute atomic E-state index is 12.1. The molecule has 0 fully saturated rings. The lowest BCUT2D eigenvalue weighted by molar-refractivity contribution is -0.384. The van der Waals surface area contributed by atoms with Crippen LogP contribution < -0.4 is 10.7 Å². The smallest absolute Gasteiger partial charge is 0.318 e. The van der Waals surface area contributed by atoms with E-state index < -0.39 is 11.0 Å². The zero-order valence-electron chi connectivity index (χ0n) is 16.9. The molecule has 0 atom stereocenters. The lowest BCUT2D eigenvalue weighted by atomic mass is 10.2. The first-order chi connectivity index (χ1) is 14.7. The summed E-state index contributed by atoms with van der Waals surface area (Å²) < 4.78 is 2.86. The molecule has 1 aromatic heterocycles. The Hall–Kier alpha value is -3.17. The normalized spacial score (nSPS) is 11.0. The Labute approximate surface area is 192 Å². The van der Waals surface area contributed by atoms with Crippen molar-refractivity contribution in [3.05, 3.63) is 84.6 Å². The van der Waals surface area contributed by atoms with Gasteiger partial charge in [0.05, 0.1) is 11.1 Å². The van der Waals surface area contributed by atoms with Gasteiger partial charge in [-0.3, -0.25) is 10.1 Å². The first-order valence-corrected chi connectivity index (χ1v) is 10.3. The van der Waals surface area contributed by atoms with Crippen molar-refractivity contribution in [2.45, 2.75) is 20.8 Å². The second-order valence-corrected chi connectivity index (χ2v) is 8.10. The standard InChI is InChI=1S/C21H19BrClN5O3/c1-12-8-16(4-6-18(12)22)25-21(29)26-24-11-15-9-13(2)27(14(15)3)17-5-7-20(28(30)31)19(23)10-17/h4-11H,1-3H3,(H2,25,26,29)/b24-11+. The molecule has 2 aromatic carbocycles. The topological polar surface area (TPSA) is 102 Å². The molecule has 0 bridgehead atoms. The summed E-state index contributed by atoms with van der Waals surface area (Å²) in [4.78, 5) is 22.5. The van der Waals surface area contributed by atoms with Crippen molar-refractivity contribution in [2.75, 3.05) is 5.32 Å². The summed E-state index contributed by atoms with van der Waals surface area (Å²) >= 11 is 9.47. The Balaban J connectivity index is 1.73. The fourth-order valence-corrected chi connectivity index (χ4v) is 3.63. The lowest BCUT2D eigenvalue weighted by Crippen LogP contribution is -2.24. The third kappa shape index (κ3) is 5.12. The number of benzene rings is 2. The molecule has 0 unspecified atom stereocenters. The molecule has 10 heteroatoms. The molecule has 3 aromatic rings.